The van der Waals surface area contributed by atoms with Crippen LogP contribution in [0.3, 0.4) is 0 Å². The Morgan fingerprint density at radius 1 is 1.16 bits per heavy atom. The summed E-state index contributed by atoms with van der Waals surface area (Å²) in [4.78, 5) is 22.5. The van der Waals surface area contributed by atoms with Crippen molar-refractivity contribution in [3.63, 3.8) is 0 Å². The summed E-state index contributed by atoms with van der Waals surface area (Å²) in [5, 5.41) is 5.93. The molecular weight excluding hydrogens is 318 g/mol. The smallest absolute Gasteiger partial charge is 0.270 e. The van der Waals surface area contributed by atoms with E-state index in [0.717, 1.165) is 18.8 Å². The number of hydrogen-bond donors (Lipinski definition) is 2. The van der Waals surface area contributed by atoms with E-state index in [4.69, 9.17) is 4.74 Å². The van der Waals surface area contributed by atoms with Crippen LogP contribution in [-0.4, -0.2) is 49.2 Å². The standard InChI is InChI=1S/C18H25N5O2/c1-4-23(5-2)15-8-6-14(7-9-15)22-17-12-16(20-13-21-17)18(24)19-10-11-25-3/h6-9,12-13H,4-5,10-11H2,1-3H3,(H,19,24)(H,20,21,22). The zero-order valence-corrected chi connectivity index (χ0v) is 15.0. The minimum atomic E-state index is -0.251. The molecule has 0 atom stereocenters. The maximum absolute atomic E-state index is 12.0. The van der Waals surface area contributed by atoms with Crippen LogP contribution in [0.2, 0.25) is 0 Å². The monoisotopic (exact) mass is 343 g/mol. The summed E-state index contributed by atoms with van der Waals surface area (Å²) < 4.78 is 4.91. The fourth-order valence-electron chi connectivity index (χ4n) is 2.40. The highest BCUT2D eigenvalue weighted by molar-refractivity contribution is 5.92. The quantitative estimate of drug-likeness (QED) is 0.681. The Morgan fingerprint density at radius 2 is 1.88 bits per heavy atom. The van der Waals surface area contributed by atoms with Gasteiger partial charge in [0.2, 0.25) is 0 Å². The summed E-state index contributed by atoms with van der Waals surface area (Å²) in [5.41, 5.74) is 2.39. The highest BCUT2D eigenvalue weighted by Gasteiger charge is 2.08. The third kappa shape index (κ3) is 5.42. The molecule has 0 aliphatic carbocycles. The number of nitrogens with zero attached hydrogens (tertiary/aromatic N) is 3. The van der Waals surface area contributed by atoms with E-state index in [0.29, 0.717) is 24.7 Å². The van der Waals surface area contributed by atoms with E-state index in [9.17, 15) is 4.79 Å². The Hall–Kier alpha value is -2.67. The molecule has 7 heteroatoms. The highest BCUT2D eigenvalue weighted by Crippen LogP contribution is 2.20. The van der Waals surface area contributed by atoms with Crippen LogP contribution in [0.25, 0.3) is 0 Å². The lowest BCUT2D eigenvalue weighted by Crippen LogP contribution is -2.27. The molecule has 2 aromatic rings. The number of benzene rings is 1. The van der Waals surface area contributed by atoms with E-state index >= 15 is 0 Å². The molecule has 0 saturated carbocycles. The number of aromatic nitrogens is 2. The summed E-state index contributed by atoms with van der Waals surface area (Å²) in [7, 11) is 1.59. The molecule has 0 unspecified atom stereocenters. The second-order valence-electron chi connectivity index (χ2n) is 5.38. The largest absolute Gasteiger partial charge is 0.383 e. The maximum Gasteiger partial charge on any atom is 0.270 e. The number of ether oxygens (including phenoxy) is 1. The van der Waals surface area contributed by atoms with Crippen LogP contribution in [0.1, 0.15) is 24.3 Å². The Bertz CT molecular complexity index is 671. The van der Waals surface area contributed by atoms with Crippen molar-refractivity contribution in [2.24, 2.45) is 0 Å². The van der Waals surface area contributed by atoms with Crippen molar-refractivity contribution in [2.75, 3.05) is 43.6 Å². The van der Waals surface area contributed by atoms with Gasteiger partial charge in [0.25, 0.3) is 5.91 Å². The maximum atomic E-state index is 12.0. The van der Waals surface area contributed by atoms with Gasteiger partial charge in [-0.3, -0.25) is 4.79 Å². The molecule has 7 nitrogen and oxygen atoms in total. The minimum Gasteiger partial charge on any atom is -0.383 e. The Labute approximate surface area is 148 Å². The Balaban J connectivity index is 2.03. The molecule has 0 aliphatic rings. The fraction of sp³-hybridized carbons (Fsp3) is 0.389. The van der Waals surface area contributed by atoms with E-state index in [-0.39, 0.29) is 5.91 Å². The molecule has 0 bridgehead atoms. The van der Waals surface area contributed by atoms with Gasteiger partial charge < -0.3 is 20.3 Å². The van der Waals surface area contributed by atoms with E-state index in [2.05, 4.69) is 51.5 Å². The number of amides is 1. The van der Waals surface area contributed by atoms with Gasteiger partial charge in [0, 0.05) is 44.2 Å². The predicted molar refractivity (Wildman–Crippen MR) is 99.5 cm³/mol. The highest BCUT2D eigenvalue weighted by atomic mass is 16.5. The Kier molecular flexibility index (Phi) is 7.16. The van der Waals surface area contributed by atoms with Gasteiger partial charge in [-0.25, -0.2) is 9.97 Å². The lowest BCUT2D eigenvalue weighted by molar-refractivity contribution is 0.0932. The van der Waals surface area contributed by atoms with Crippen LogP contribution in [0.15, 0.2) is 36.7 Å². The molecule has 25 heavy (non-hydrogen) atoms. The summed E-state index contributed by atoms with van der Waals surface area (Å²) in [5.74, 6) is 0.321. The molecule has 0 fully saturated rings. The zero-order chi connectivity index (χ0) is 18.1. The predicted octanol–water partition coefficient (Wildman–Crippen LogP) is 2.44. The van der Waals surface area contributed by atoms with Gasteiger partial charge in [-0.1, -0.05) is 0 Å². The first-order valence-electron chi connectivity index (χ1n) is 8.39. The van der Waals surface area contributed by atoms with Crippen LogP contribution in [0, 0.1) is 0 Å². The normalized spacial score (nSPS) is 10.4. The average Bonchev–Trinajstić information content (AvgIpc) is 2.64. The first kappa shape index (κ1) is 18.7. The van der Waals surface area contributed by atoms with Gasteiger partial charge in [-0.2, -0.15) is 0 Å². The zero-order valence-electron chi connectivity index (χ0n) is 15.0. The van der Waals surface area contributed by atoms with E-state index < -0.39 is 0 Å². The second-order valence-corrected chi connectivity index (χ2v) is 5.38. The molecule has 1 amide bonds. The van der Waals surface area contributed by atoms with Gasteiger partial charge in [0.15, 0.2) is 0 Å². The number of carbonyl (C=O) groups excluding carboxylic acids is 1. The molecule has 0 spiro atoms. The number of methoxy groups -OCH3 is 1. The molecule has 0 radical (unpaired) electrons. The summed E-state index contributed by atoms with van der Waals surface area (Å²) in [6, 6.07) is 9.74. The van der Waals surface area contributed by atoms with Crippen molar-refractivity contribution < 1.29 is 9.53 Å². The molecule has 0 saturated heterocycles. The van der Waals surface area contributed by atoms with Crippen LogP contribution in [0.4, 0.5) is 17.2 Å². The summed E-state index contributed by atoms with van der Waals surface area (Å²) in [6.45, 7) is 7.11. The minimum absolute atomic E-state index is 0.251. The lowest BCUT2D eigenvalue weighted by Gasteiger charge is -2.21. The second kappa shape index (κ2) is 9.58. The Morgan fingerprint density at radius 3 is 2.52 bits per heavy atom. The fourth-order valence-corrected chi connectivity index (χ4v) is 2.40. The van der Waals surface area contributed by atoms with Crippen LogP contribution in [0.5, 0.6) is 0 Å². The number of hydrogen-bond acceptors (Lipinski definition) is 6. The van der Waals surface area contributed by atoms with Gasteiger partial charge in [-0.05, 0) is 38.1 Å². The molecule has 1 aromatic carbocycles. The average molecular weight is 343 g/mol. The summed E-state index contributed by atoms with van der Waals surface area (Å²) >= 11 is 0. The third-order valence-corrected chi connectivity index (χ3v) is 3.76. The number of nitrogens with one attached hydrogen (secondary N) is 2. The van der Waals surface area contributed by atoms with Gasteiger partial charge >= 0.3 is 0 Å². The SMILES string of the molecule is CCN(CC)c1ccc(Nc2cc(C(=O)NCCOC)ncn2)cc1. The van der Waals surface area contributed by atoms with Crippen molar-refractivity contribution >= 4 is 23.1 Å². The first-order valence-corrected chi connectivity index (χ1v) is 8.39. The van der Waals surface area contributed by atoms with Crippen molar-refractivity contribution in [2.45, 2.75) is 13.8 Å². The third-order valence-electron chi connectivity index (χ3n) is 3.76. The molecule has 134 valence electrons. The van der Waals surface area contributed by atoms with E-state index in [1.54, 1.807) is 13.2 Å². The van der Waals surface area contributed by atoms with Gasteiger partial charge in [0.05, 0.1) is 6.61 Å². The topological polar surface area (TPSA) is 79.4 Å². The molecule has 1 aromatic heterocycles. The molecule has 2 N–H and O–H groups in total. The molecular formula is C18H25N5O2. The van der Waals surface area contributed by atoms with Crippen molar-refractivity contribution in [1.29, 1.82) is 0 Å². The molecule has 1 heterocycles. The number of anilines is 3. The van der Waals surface area contributed by atoms with Gasteiger partial charge in [0.1, 0.15) is 17.8 Å². The van der Waals surface area contributed by atoms with E-state index in [1.807, 2.05) is 12.1 Å². The van der Waals surface area contributed by atoms with E-state index in [1.165, 1.54) is 12.0 Å². The van der Waals surface area contributed by atoms with Gasteiger partial charge in [-0.15, -0.1) is 0 Å². The van der Waals surface area contributed by atoms with Crippen LogP contribution >= 0.6 is 0 Å². The molecule has 0 aliphatic heterocycles. The van der Waals surface area contributed by atoms with Crippen molar-refractivity contribution in [3.05, 3.63) is 42.4 Å². The lowest BCUT2D eigenvalue weighted by atomic mass is 10.2. The first-order chi connectivity index (χ1) is 12.2. The van der Waals surface area contributed by atoms with Crippen LogP contribution < -0.4 is 15.5 Å². The van der Waals surface area contributed by atoms with Crippen LogP contribution in [-0.2, 0) is 4.74 Å². The van der Waals surface area contributed by atoms with Crippen molar-refractivity contribution in [3.8, 4) is 0 Å². The number of carbonyl (C=O) groups is 1. The molecule has 2 rings (SSSR count). The van der Waals surface area contributed by atoms with Crippen molar-refractivity contribution in [1.82, 2.24) is 15.3 Å². The summed E-state index contributed by atoms with van der Waals surface area (Å²) in [6.07, 6.45) is 1.37. The number of rotatable bonds is 9.